The molecule has 5 nitrogen and oxygen atoms in total. The fourth-order valence-corrected chi connectivity index (χ4v) is 3.82. The largest absolute Gasteiger partial charge is 0.454 e. The van der Waals surface area contributed by atoms with Gasteiger partial charge in [0.05, 0.1) is 16.3 Å². The second-order valence-electron chi connectivity index (χ2n) is 6.59. The van der Waals surface area contributed by atoms with E-state index in [1.807, 2.05) is 6.07 Å². The normalized spacial score (nSPS) is 12.4. The van der Waals surface area contributed by atoms with Crippen molar-refractivity contribution in [1.29, 1.82) is 0 Å². The number of benzene rings is 2. The molecular formula is C21H20N2O3S. The van der Waals surface area contributed by atoms with E-state index in [4.69, 9.17) is 14.5 Å². The van der Waals surface area contributed by atoms with Gasteiger partial charge in [0.15, 0.2) is 11.5 Å². The number of pyridine rings is 1. The Morgan fingerprint density at radius 3 is 2.74 bits per heavy atom. The zero-order valence-corrected chi connectivity index (χ0v) is 16.3. The SMILES string of the molecule is Cc1ccc2c(C)cc(SCC(=O)Nc3ccc4c(c3)OCO4)nc2c1C. The van der Waals surface area contributed by atoms with Gasteiger partial charge in [0.1, 0.15) is 0 Å². The number of nitrogens with zero attached hydrogens (tertiary/aromatic N) is 1. The number of thioether (sulfide) groups is 1. The van der Waals surface area contributed by atoms with Gasteiger partial charge in [0.2, 0.25) is 12.7 Å². The summed E-state index contributed by atoms with van der Waals surface area (Å²) < 4.78 is 10.6. The van der Waals surface area contributed by atoms with Crippen molar-refractivity contribution in [3.05, 3.63) is 53.1 Å². The van der Waals surface area contributed by atoms with Crippen molar-refractivity contribution in [2.45, 2.75) is 25.8 Å². The zero-order chi connectivity index (χ0) is 19.0. The Kier molecular flexibility index (Phi) is 4.66. The molecule has 1 amide bonds. The minimum Gasteiger partial charge on any atom is -0.454 e. The molecule has 1 N–H and O–H groups in total. The van der Waals surface area contributed by atoms with Crippen LogP contribution >= 0.6 is 11.8 Å². The number of hydrogen-bond donors (Lipinski definition) is 1. The lowest BCUT2D eigenvalue weighted by Crippen LogP contribution is -2.14. The van der Waals surface area contributed by atoms with Crippen LogP contribution in [0.4, 0.5) is 5.69 Å². The van der Waals surface area contributed by atoms with Gasteiger partial charge in [-0.3, -0.25) is 4.79 Å². The molecule has 2 aromatic carbocycles. The Hall–Kier alpha value is -2.73. The number of aryl methyl sites for hydroxylation is 3. The maximum absolute atomic E-state index is 12.3. The highest BCUT2D eigenvalue weighted by atomic mass is 32.2. The van der Waals surface area contributed by atoms with Crippen LogP contribution in [-0.4, -0.2) is 23.4 Å². The van der Waals surface area contributed by atoms with E-state index in [2.05, 4.69) is 38.2 Å². The number of carbonyl (C=O) groups is 1. The number of fused-ring (bicyclic) bond motifs is 2. The van der Waals surface area contributed by atoms with E-state index in [0.29, 0.717) is 17.2 Å². The molecule has 1 aliphatic heterocycles. The van der Waals surface area contributed by atoms with Crippen molar-refractivity contribution in [2.24, 2.45) is 0 Å². The van der Waals surface area contributed by atoms with Gasteiger partial charge < -0.3 is 14.8 Å². The van der Waals surface area contributed by atoms with Crippen LogP contribution in [0, 0.1) is 20.8 Å². The first kappa shape index (κ1) is 17.7. The average Bonchev–Trinajstić information content (AvgIpc) is 3.11. The standard InChI is InChI=1S/C21H20N2O3S/c1-12-4-6-16-13(2)8-20(23-21(16)14(12)3)27-10-19(24)22-15-5-7-17-18(9-15)26-11-25-17/h4-9H,10-11H2,1-3H3,(H,22,24). The quantitative estimate of drug-likeness (QED) is 0.669. The summed E-state index contributed by atoms with van der Waals surface area (Å²) in [7, 11) is 0. The summed E-state index contributed by atoms with van der Waals surface area (Å²) in [6, 6.07) is 11.6. The Bertz CT molecular complexity index is 1050. The third-order valence-corrected chi connectivity index (χ3v) is 5.61. The summed E-state index contributed by atoms with van der Waals surface area (Å²) in [5.74, 6) is 1.55. The Labute approximate surface area is 162 Å². The van der Waals surface area contributed by atoms with Crippen LogP contribution in [0.25, 0.3) is 10.9 Å². The molecule has 1 aliphatic rings. The van der Waals surface area contributed by atoms with Gasteiger partial charge in [-0.25, -0.2) is 4.98 Å². The van der Waals surface area contributed by atoms with E-state index in [1.165, 1.54) is 28.5 Å². The summed E-state index contributed by atoms with van der Waals surface area (Å²) in [6.07, 6.45) is 0. The van der Waals surface area contributed by atoms with Crippen LogP contribution < -0.4 is 14.8 Å². The summed E-state index contributed by atoms with van der Waals surface area (Å²) in [5, 5.41) is 4.91. The minimum atomic E-state index is -0.0839. The molecule has 0 radical (unpaired) electrons. The molecule has 6 heteroatoms. The number of ether oxygens (including phenoxy) is 2. The molecule has 0 aliphatic carbocycles. The molecule has 4 rings (SSSR count). The Morgan fingerprint density at radius 2 is 1.89 bits per heavy atom. The summed E-state index contributed by atoms with van der Waals surface area (Å²) in [6.45, 7) is 6.47. The first-order valence-corrected chi connectivity index (χ1v) is 9.69. The third-order valence-electron chi connectivity index (χ3n) is 4.70. The van der Waals surface area contributed by atoms with Crippen LogP contribution in [0.3, 0.4) is 0 Å². The molecule has 0 spiro atoms. The smallest absolute Gasteiger partial charge is 0.234 e. The fourth-order valence-electron chi connectivity index (χ4n) is 3.05. The summed E-state index contributed by atoms with van der Waals surface area (Å²) in [4.78, 5) is 17.1. The van der Waals surface area contributed by atoms with E-state index < -0.39 is 0 Å². The van der Waals surface area contributed by atoms with Gasteiger partial charge in [-0.1, -0.05) is 23.9 Å². The van der Waals surface area contributed by atoms with Gasteiger partial charge in [0, 0.05) is 17.1 Å². The van der Waals surface area contributed by atoms with Crippen molar-refractivity contribution in [1.82, 2.24) is 4.98 Å². The predicted octanol–water partition coefficient (Wildman–Crippen LogP) is 4.62. The minimum absolute atomic E-state index is 0.0839. The number of nitrogens with one attached hydrogen (secondary N) is 1. The van der Waals surface area contributed by atoms with Crippen LogP contribution in [0.2, 0.25) is 0 Å². The highest BCUT2D eigenvalue weighted by molar-refractivity contribution is 7.99. The lowest BCUT2D eigenvalue weighted by atomic mass is 10.0. The second-order valence-corrected chi connectivity index (χ2v) is 7.58. The molecule has 0 fully saturated rings. The topological polar surface area (TPSA) is 60.5 Å². The maximum atomic E-state index is 12.3. The lowest BCUT2D eigenvalue weighted by Gasteiger charge is -2.10. The molecular weight excluding hydrogens is 360 g/mol. The van der Waals surface area contributed by atoms with E-state index in [9.17, 15) is 4.79 Å². The van der Waals surface area contributed by atoms with E-state index in [1.54, 1.807) is 18.2 Å². The molecule has 0 atom stereocenters. The van der Waals surface area contributed by atoms with Gasteiger partial charge >= 0.3 is 0 Å². The molecule has 2 heterocycles. The first-order chi connectivity index (χ1) is 13.0. The molecule has 27 heavy (non-hydrogen) atoms. The number of amides is 1. The van der Waals surface area contributed by atoms with Crippen LogP contribution in [0.1, 0.15) is 16.7 Å². The molecule has 3 aromatic rings. The zero-order valence-electron chi connectivity index (χ0n) is 15.5. The number of carbonyl (C=O) groups excluding carboxylic acids is 1. The van der Waals surface area contributed by atoms with Gasteiger partial charge in [-0.05, 0) is 55.7 Å². The second kappa shape index (κ2) is 7.12. The van der Waals surface area contributed by atoms with Crippen molar-refractivity contribution >= 4 is 34.3 Å². The average molecular weight is 380 g/mol. The number of hydrogen-bond acceptors (Lipinski definition) is 5. The third kappa shape index (κ3) is 3.57. The summed E-state index contributed by atoms with van der Waals surface area (Å²) >= 11 is 1.44. The van der Waals surface area contributed by atoms with Crippen LogP contribution in [0.15, 0.2) is 41.4 Å². The van der Waals surface area contributed by atoms with Crippen molar-refractivity contribution in [2.75, 3.05) is 17.9 Å². The highest BCUT2D eigenvalue weighted by Gasteiger charge is 2.14. The molecule has 0 bridgehead atoms. The Balaban J connectivity index is 1.46. The number of anilines is 1. The van der Waals surface area contributed by atoms with Gasteiger partial charge in [-0.15, -0.1) is 0 Å². The molecule has 0 unspecified atom stereocenters. The van der Waals surface area contributed by atoms with E-state index in [-0.39, 0.29) is 18.5 Å². The Morgan fingerprint density at radius 1 is 1.07 bits per heavy atom. The molecule has 0 saturated heterocycles. The number of aromatic nitrogens is 1. The summed E-state index contributed by atoms with van der Waals surface area (Å²) in [5.41, 5.74) is 5.27. The number of rotatable bonds is 4. The predicted molar refractivity (Wildman–Crippen MR) is 108 cm³/mol. The molecule has 1 aromatic heterocycles. The van der Waals surface area contributed by atoms with E-state index >= 15 is 0 Å². The molecule has 0 saturated carbocycles. The monoisotopic (exact) mass is 380 g/mol. The van der Waals surface area contributed by atoms with E-state index in [0.717, 1.165) is 15.9 Å². The van der Waals surface area contributed by atoms with Crippen LogP contribution in [0.5, 0.6) is 11.5 Å². The highest BCUT2D eigenvalue weighted by Crippen LogP contribution is 2.34. The van der Waals surface area contributed by atoms with Crippen molar-refractivity contribution in [3.63, 3.8) is 0 Å². The van der Waals surface area contributed by atoms with Crippen LogP contribution in [-0.2, 0) is 4.79 Å². The van der Waals surface area contributed by atoms with Crippen molar-refractivity contribution in [3.8, 4) is 11.5 Å². The first-order valence-electron chi connectivity index (χ1n) is 8.71. The molecule has 138 valence electrons. The maximum Gasteiger partial charge on any atom is 0.234 e. The van der Waals surface area contributed by atoms with Gasteiger partial charge in [-0.2, -0.15) is 0 Å². The van der Waals surface area contributed by atoms with Crippen molar-refractivity contribution < 1.29 is 14.3 Å². The fraction of sp³-hybridized carbons (Fsp3) is 0.238. The van der Waals surface area contributed by atoms with Gasteiger partial charge in [0.25, 0.3) is 0 Å². The lowest BCUT2D eigenvalue weighted by molar-refractivity contribution is -0.113.